The van der Waals surface area contributed by atoms with Gasteiger partial charge in [-0.05, 0) is 44.9 Å². The first-order chi connectivity index (χ1) is 10.9. The second kappa shape index (κ2) is 5.74. The van der Waals surface area contributed by atoms with Crippen molar-refractivity contribution in [2.45, 2.75) is 82.1 Å². The minimum atomic E-state index is -5.64. The molecular formula is C15H20F6O3. The minimum absolute atomic E-state index is 0.132. The van der Waals surface area contributed by atoms with Gasteiger partial charge >= 0.3 is 12.5 Å². The molecule has 3 aliphatic rings. The highest BCUT2D eigenvalue weighted by Gasteiger charge is 2.61. The molecule has 0 N–H and O–H groups in total. The van der Waals surface area contributed by atoms with Crippen molar-refractivity contribution in [3.05, 3.63) is 0 Å². The van der Waals surface area contributed by atoms with Crippen LogP contribution >= 0.6 is 0 Å². The van der Waals surface area contributed by atoms with E-state index in [0.717, 1.165) is 19.3 Å². The van der Waals surface area contributed by atoms with Crippen molar-refractivity contribution in [1.29, 1.82) is 0 Å². The number of ether oxygens (including phenoxy) is 3. The van der Waals surface area contributed by atoms with Crippen LogP contribution in [0.2, 0.25) is 0 Å². The fourth-order valence-corrected chi connectivity index (χ4v) is 4.17. The summed E-state index contributed by atoms with van der Waals surface area (Å²) in [6, 6.07) is 0. The van der Waals surface area contributed by atoms with Gasteiger partial charge in [0, 0.05) is 6.42 Å². The molecule has 0 radical (unpaired) electrons. The van der Waals surface area contributed by atoms with Crippen LogP contribution in [0.25, 0.3) is 0 Å². The maximum Gasteiger partial charge on any atom is 0.527 e. The maximum absolute atomic E-state index is 14.4. The van der Waals surface area contributed by atoms with Crippen molar-refractivity contribution < 1.29 is 40.6 Å². The number of hydrogen-bond acceptors (Lipinski definition) is 3. The van der Waals surface area contributed by atoms with Gasteiger partial charge in [0.15, 0.2) is 0 Å². The highest BCUT2D eigenvalue weighted by atomic mass is 19.4. The van der Waals surface area contributed by atoms with Gasteiger partial charge in [0.05, 0.1) is 24.4 Å². The van der Waals surface area contributed by atoms with E-state index in [1.54, 1.807) is 6.92 Å². The van der Waals surface area contributed by atoms with E-state index in [4.69, 9.17) is 9.47 Å². The molecule has 1 aliphatic heterocycles. The molecule has 2 saturated carbocycles. The third kappa shape index (κ3) is 3.26. The molecule has 0 aromatic carbocycles. The highest BCUT2D eigenvalue weighted by Crippen LogP contribution is 2.51. The van der Waals surface area contributed by atoms with Crippen LogP contribution in [0.5, 0.6) is 0 Å². The fraction of sp³-hybridized carbons (Fsp3) is 1.00. The van der Waals surface area contributed by atoms with Crippen LogP contribution in [0, 0.1) is 11.8 Å². The number of fused-ring (bicyclic) bond motifs is 5. The van der Waals surface area contributed by atoms with Gasteiger partial charge in [-0.15, -0.1) is 13.2 Å². The van der Waals surface area contributed by atoms with Crippen molar-refractivity contribution in [2.75, 3.05) is 0 Å². The van der Waals surface area contributed by atoms with Crippen LogP contribution in [0.3, 0.4) is 0 Å². The molecule has 0 aromatic heterocycles. The van der Waals surface area contributed by atoms with Gasteiger partial charge < -0.3 is 9.47 Å². The smallest absolute Gasteiger partial charge is 0.370 e. The molecule has 1 saturated heterocycles. The Kier molecular flexibility index (Phi) is 4.36. The Morgan fingerprint density at radius 2 is 1.50 bits per heavy atom. The summed E-state index contributed by atoms with van der Waals surface area (Å²) in [6.45, 7) is 1.95. The molecule has 9 heteroatoms. The van der Waals surface area contributed by atoms with E-state index in [9.17, 15) is 26.3 Å². The SMILES string of the molecule is CC1OC2C3CCC(C3)C2OC1CC(C)(F)C(F)(F)OC(F)(F)F. The Balaban J connectivity index is 1.68. The minimum Gasteiger partial charge on any atom is -0.370 e. The van der Waals surface area contributed by atoms with Gasteiger partial charge in [-0.1, -0.05) is 0 Å². The monoisotopic (exact) mass is 362 g/mol. The molecule has 0 amide bonds. The lowest BCUT2D eigenvalue weighted by molar-refractivity contribution is -0.451. The van der Waals surface area contributed by atoms with E-state index in [0.29, 0.717) is 12.8 Å². The first-order valence-electron chi connectivity index (χ1n) is 8.04. The Morgan fingerprint density at radius 3 is 2.04 bits per heavy atom. The van der Waals surface area contributed by atoms with E-state index >= 15 is 0 Å². The number of alkyl halides is 6. The lowest BCUT2D eigenvalue weighted by atomic mass is 9.90. The van der Waals surface area contributed by atoms with Gasteiger partial charge in [-0.2, -0.15) is 8.78 Å². The Morgan fingerprint density at radius 1 is 0.958 bits per heavy atom. The summed E-state index contributed by atoms with van der Waals surface area (Å²) in [7, 11) is 0. The maximum atomic E-state index is 14.4. The third-order valence-electron chi connectivity index (χ3n) is 5.43. The summed E-state index contributed by atoms with van der Waals surface area (Å²) >= 11 is 0. The molecule has 24 heavy (non-hydrogen) atoms. The van der Waals surface area contributed by atoms with Gasteiger partial charge in [0.2, 0.25) is 5.67 Å². The Bertz CT molecular complexity index is 480. The summed E-state index contributed by atoms with van der Waals surface area (Å²) in [5.41, 5.74) is -3.55. The van der Waals surface area contributed by atoms with Crippen molar-refractivity contribution >= 4 is 0 Å². The summed E-state index contributed by atoms with van der Waals surface area (Å²) in [5, 5.41) is 0. The standard InChI is InChI=1S/C15H20F6O3/c1-7-10(6-13(2,16)14(17,18)24-15(19,20)21)23-12-9-4-3-8(5-9)11(12)22-7/h7-12H,3-6H2,1-2H3. The second-order valence-electron chi connectivity index (χ2n) is 7.24. The van der Waals surface area contributed by atoms with Crippen LogP contribution < -0.4 is 0 Å². The van der Waals surface area contributed by atoms with Gasteiger partial charge in [-0.3, -0.25) is 0 Å². The molecule has 2 aliphatic carbocycles. The Labute approximate surface area is 135 Å². The average Bonchev–Trinajstić information content (AvgIpc) is 2.97. The van der Waals surface area contributed by atoms with Crippen LogP contribution in [-0.2, 0) is 14.2 Å². The molecule has 1 heterocycles. The van der Waals surface area contributed by atoms with Gasteiger partial charge in [0.1, 0.15) is 0 Å². The molecule has 3 nitrogen and oxygen atoms in total. The lowest BCUT2D eigenvalue weighted by Gasteiger charge is -2.44. The third-order valence-corrected chi connectivity index (χ3v) is 5.43. The lowest BCUT2D eigenvalue weighted by Crippen LogP contribution is -2.55. The number of rotatable bonds is 4. The van der Waals surface area contributed by atoms with Crippen LogP contribution in [-0.4, -0.2) is 42.6 Å². The largest absolute Gasteiger partial charge is 0.527 e. The fourth-order valence-electron chi connectivity index (χ4n) is 4.17. The molecule has 0 spiro atoms. The van der Waals surface area contributed by atoms with E-state index in [1.807, 2.05) is 0 Å². The summed E-state index contributed by atoms with van der Waals surface area (Å²) in [4.78, 5) is 0. The van der Waals surface area contributed by atoms with Crippen molar-refractivity contribution in [3.8, 4) is 0 Å². The van der Waals surface area contributed by atoms with E-state index in [2.05, 4.69) is 4.74 Å². The quantitative estimate of drug-likeness (QED) is 0.702. The molecule has 2 bridgehead atoms. The predicted molar refractivity (Wildman–Crippen MR) is 70.0 cm³/mol. The van der Waals surface area contributed by atoms with Crippen molar-refractivity contribution in [3.63, 3.8) is 0 Å². The normalized spacial score (nSPS) is 42.0. The molecule has 3 fully saturated rings. The van der Waals surface area contributed by atoms with Crippen molar-refractivity contribution in [1.82, 2.24) is 0 Å². The molecular weight excluding hydrogens is 342 g/mol. The molecule has 7 unspecified atom stereocenters. The van der Waals surface area contributed by atoms with E-state index in [-0.39, 0.29) is 18.1 Å². The van der Waals surface area contributed by atoms with Crippen LogP contribution in [0.15, 0.2) is 0 Å². The Hall–Kier alpha value is -0.540. The van der Waals surface area contributed by atoms with E-state index < -0.39 is 36.8 Å². The van der Waals surface area contributed by atoms with Crippen LogP contribution in [0.1, 0.15) is 39.5 Å². The zero-order valence-corrected chi connectivity index (χ0v) is 13.3. The van der Waals surface area contributed by atoms with E-state index in [1.165, 1.54) is 0 Å². The first kappa shape index (κ1) is 18.3. The first-order valence-corrected chi connectivity index (χ1v) is 8.04. The highest BCUT2D eigenvalue weighted by molar-refractivity contribution is 5.02. The molecule has 3 rings (SSSR count). The zero-order chi connectivity index (χ0) is 17.9. The van der Waals surface area contributed by atoms with Crippen molar-refractivity contribution in [2.24, 2.45) is 11.8 Å². The summed E-state index contributed by atoms with van der Waals surface area (Å²) < 4.78 is 92.1. The predicted octanol–water partition coefficient (Wildman–Crippen LogP) is 4.20. The zero-order valence-electron chi connectivity index (χ0n) is 13.3. The summed E-state index contributed by atoms with van der Waals surface area (Å²) in [5.74, 6) is 0.600. The topological polar surface area (TPSA) is 27.7 Å². The number of halogens is 6. The summed E-state index contributed by atoms with van der Waals surface area (Å²) in [6.07, 6.45) is -10.9. The van der Waals surface area contributed by atoms with Gasteiger partial charge in [-0.25, -0.2) is 9.13 Å². The molecule has 0 aromatic rings. The second-order valence-corrected chi connectivity index (χ2v) is 7.24. The average molecular weight is 362 g/mol. The van der Waals surface area contributed by atoms with Crippen LogP contribution in [0.4, 0.5) is 26.3 Å². The number of hydrogen-bond donors (Lipinski definition) is 0. The van der Waals surface area contributed by atoms with Gasteiger partial charge in [0.25, 0.3) is 0 Å². The molecule has 140 valence electrons. The molecule has 7 atom stereocenters.